The molecule has 0 spiro atoms. The van der Waals surface area contributed by atoms with Crippen molar-refractivity contribution in [3.05, 3.63) is 59.9 Å². The first kappa shape index (κ1) is 17.0. The van der Waals surface area contributed by atoms with Gasteiger partial charge < -0.3 is 0 Å². The predicted octanol–water partition coefficient (Wildman–Crippen LogP) is 2.03. The van der Waals surface area contributed by atoms with Gasteiger partial charge in [0.05, 0.1) is 0 Å². The van der Waals surface area contributed by atoms with Gasteiger partial charge in [-0.25, -0.2) is 0 Å². The van der Waals surface area contributed by atoms with Gasteiger partial charge in [0, 0.05) is 0 Å². The van der Waals surface area contributed by atoms with Crippen molar-refractivity contribution in [2.75, 3.05) is 18.0 Å². The molecule has 1 atom stereocenters. The summed E-state index contributed by atoms with van der Waals surface area (Å²) in [5, 5.41) is 1.56. The van der Waals surface area contributed by atoms with E-state index in [2.05, 4.69) is 47.4 Å². The molecule has 4 aliphatic rings. The molecule has 136 valence electrons. The van der Waals surface area contributed by atoms with E-state index >= 15 is 0 Å². The number of rotatable bonds is 2. The topological polar surface area (TPSA) is 6.25 Å². The predicted molar refractivity (Wildman–Crippen MR) is 106 cm³/mol. The molecule has 0 N–H and O–H groups in total. The van der Waals surface area contributed by atoms with Crippen LogP contribution >= 0.6 is 11.3 Å². The number of hydrogen-bond donors (Lipinski definition) is 0. The maximum absolute atomic E-state index is 3.94. The fourth-order valence-corrected chi connectivity index (χ4v) is 9.60. The third kappa shape index (κ3) is 2.95. The molecule has 0 fully saturated rings. The van der Waals surface area contributed by atoms with Gasteiger partial charge in [0.2, 0.25) is 0 Å². The van der Waals surface area contributed by atoms with Crippen molar-refractivity contribution in [2.24, 2.45) is 5.92 Å². The first-order valence-electron chi connectivity index (χ1n) is 9.62. The fourth-order valence-electron chi connectivity index (χ4n) is 4.46. The van der Waals surface area contributed by atoms with Crippen LogP contribution in [0.3, 0.4) is 0 Å². The zero-order valence-corrected chi connectivity index (χ0v) is 18.3. The summed E-state index contributed by atoms with van der Waals surface area (Å²) in [6.07, 6.45) is 15.7. The van der Waals surface area contributed by atoms with E-state index in [9.17, 15) is 0 Å². The van der Waals surface area contributed by atoms with Crippen molar-refractivity contribution in [2.45, 2.75) is 39.0 Å². The van der Waals surface area contributed by atoms with Crippen LogP contribution in [-0.2, 0) is 0 Å². The van der Waals surface area contributed by atoms with Crippen LogP contribution in [0.15, 0.2) is 51.4 Å². The number of allylic oxidation sites excluding steroid dienone is 5. The van der Waals surface area contributed by atoms with Crippen molar-refractivity contribution in [3.63, 3.8) is 0 Å². The Kier molecular flexibility index (Phi) is 4.44. The van der Waals surface area contributed by atoms with E-state index in [1.807, 2.05) is 17.5 Å². The zero-order valence-electron chi connectivity index (χ0n) is 15.3. The average molecular weight is 476 g/mol. The summed E-state index contributed by atoms with van der Waals surface area (Å²) in [6.45, 7) is 8.54. The summed E-state index contributed by atoms with van der Waals surface area (Å²) in [7, 11) is 0. The monoisotopic (exact) mass is 476 g/mol. The van der Waals surface area contributed by atoms with Gasteiger partial charge in [0.1, 0.15) is 0 Å². The number of nitrogens with zero attached hydrogens (tertiary/aromatic N) is 2. The van der Waals surface area contributed by atoms with Gasteiger partial charge in [-0.15, -0.1) is 0 Å². The Morgan fingerprint density at radius 3 is 3.15 bits per heavy atom. The van der Waals surface area contributed by atoms with E-state index in [1.54, 1.807) is 23.4 Å². The summed E-state index contributed by atoms with van der Waals surface area (Å²) >= 11 is 2.00. The third-order valence-corrected chi connectivity index (χ3v) is 10.4. The van der Waals surface area contributed by atoms with Crippen molar-refractivity contribution >= 4 is 22.6 Å². The van der Waals surface area contributed by atoms with Crippen molar-refractivity contribution in [1.82, 2.24) is 0 Å². The molecule has 0 radical (unpaired) electrons. The van der Waals surface area contributed by atoms with E-state index in [1.165, 1.54) is 49.1 Å². The Morgan fingerprint density at radius 1 is 1.35 bits per heavy atom. The molecule has 3 aliphatic heterocycles. The summed E-state index contributed by atoms with van der Waals surface area (Å²) in [5.41, 5.74) is 4.69. The molecule has 0 bridgehead atoms. The van der Waals surface area contributed by atoms with Gasteiger partial charge in [-0.05, 0) is 0 Å². The van der Waals surface area contributed by atoms with E-state index in [4.69, 9.17) is 0 Å². The quantitative estimate of drug-likeness (QED) is 0.360. The zero-order chi connectivity index (χ0) is 17.7. The minimum atomic E-state index is 0.00797. The van der Waals surface area contributed by atoms with E-state index in [0.717, 1.165) is 12.5 Å². The summed E-state index contributed by atoms with van der Waals surface area (Å²) in [5.74, 6) is 0.762. The number of aryl methyl sites for hydroxylation is 1. The van der Waals surface area contributed by atoms with Crippen molar-refractivity contribution in [3.8, 4) is 0 Å². The second-order valence-electron chi connectivity index (χ2n) is 7.61. The molecule has 0 aromatic carbocycles. The van der Waals surface area contributed by atoms with Gasteiger partial charge >= 0.3 is 171 Å². The molecule has 4 heterocycles. The average Bonchev–Trinajstić information content (AvgIpc) is 3.18. The standard InChI is InChI=1S/C22H25IN2S/c1-3-24-10-8-17-7-6-16(13-19(17)14-24)12-18-5-4-9-25-21(18)23-20-11-15(2)26-22(20)25/h3,11-14,17H,1,4-10H2,2H3. The molecule has 1 aromatic rings. The van der Waals surface area contributed by atoms with Gasteiger partial charge in [-0.3, -0.25) is 0 Å². The van der Waals surface area contributed by atoms with Crippen LogP contribution in [0, 0.1) is 16.4 Å². The Balaban J connectivity index is 1.49. The number of thiophene rings is 1. The Bertz CT molecular complexity index is 899. The molecular formula is C22H25IN2S. The SMILES string of the molecule is C=C[N+]1=CC2=CC(=CC3=C4[I-]c5cc(C)sc5N4CCC3)CCC2CC1. The normalized spacial score (nSPS) is 26.6. The second kappa shape index (κ2) is 6.79. The number of fused-ring (bicyclic) bond motifs is 4. The van der Waals surface area contributed by atoms with Crippen LogP contribution < -0.4 is 26.1 Å². The number of anilines is 1. The second-order valence-corrected chi connectivity index (χ2v) is 11.6. The molecule has 1 aromatic heterocycles. The number of hydrogen-bond acceptors (Lipinski definition) is 2. The molecule has 0 saturated carbocycles. The van der Waals surface area contributed by atoms with E-state index < -0.39 is 0 Å². The van der Waals surface area contributed by atoms with Crippen LogP contribution in [0.1, 0.15) is 37.0 Å². The Morgan fingerprint density at radius 2 is 2.27 bits per heavy atom. The first-order chi connectivity index (χ1) is 12.7. The molecule has 2 nitrogen and oxygen atoms in total. The molecule has 1 unspecified atom stereocenters. The molecular weight excluding hydrogens is 451 g/mol. The van der Waals surface area contributed by atoms with Gasteiger partial charge in [-0.1, -0.05) is 0 Å². The first-order valence-corrected chi connectivity index (χ1v) is 12.6. The van der Waals surface area contributed by atoms with E-state index in [0.29, 0.717) is 0 Å². The molecule has 1 aliphatic carbocycles. The van der Waals surface area contributed by atoms with Crippen LogP contribution in [0.25, 0.3) is 0 Å². The summed E-state index contributed by atoms with van der Waals surface area (Å²) < 4.78 is 5.59. The third-order valence-electron chi connectivity index (χ3n) is 5.81. The molecule has 5 rings (SSSR count). The number of halogens is 1. The van der Waals surface area contributed by atoms with E-state index in [-0.39, 0.29) is 21.2 Å². The van der Waals surface area contributed by atoms with Crippen LogP contribution in [0.5, 0.6) is 0 Å². The summed E-state index contributed by atoms with van der Waals surface area (Å²) in [4.78, 5) is 4.13. The summed E-state index contributed by atoms with van der Waals surface area (Å²) in [6, 6.07) is 2.44. The van der Waals surface area contributed by atoms with Crippen LogP contribution in [0.2, 0.25) is 0 Å². The van der Waals surface area contributed by atoms with Gasteiger partial charge in [0.15, 0.2) is 0 Å². The minimum absolute atomic E-state index is 0.00797. The molecule has 26 heavy (non-hydrogen) atoms. The molecule has 0 amide bonds. The fraction of sp³-hybridized carbons (Fsp3) is 0.409. The van der Waals surface area contributed by atoms with Gasteiger partial charge in [0.25, 0.3) is 0 Å². The van der Waals surface area contributed by atoms with Crippen LogP contribution in [-0.4, -0.2) is 23.9 Å². The maximum atomic E-state index is 3.94. The van der Waals surface area contributed by atoms with Gasteiger partial charge in [-0.2, -0.15) is 0 Å². The Hall–Kier alpha value is -1.14. The van der Waals surface area contributed by atoms with Crippen molar-refractivity contribution in [1.29, 1.82) is 0 Å². The molecule has 0 saturated heterocycles. The van der Waals surface area contributed by atoms with Crippen molar-refractivity contribution < 1.29 is 25.8 Å². The Labute approximate surface area is 170 Å². The van der Waals surface area contributed by atoms with Crippen LogP contribution in [0.4, 0.5) is 5.00 Å². The molecule has 4 heteroatoms.